The first-order chi connectivity index (χ1) is 10.5. The second kappa shape index (κ2) is 5.95. The zero-order chi connectivity index (χ0) is 15.9. The standard InChI is InChI=1S/C12H16FN5O3S/c1-2-22-3-5-7(19)8(20)11(21-5)18-4-15-6-9(14)16-12(13)17-10(6)18/h4-5,7-8,11,19-20H,2-3H2,1H3,(H2,14,16,17). The van der Waals surface area contributed by atoms with Gasteiger partial charge in [-0.3, -0.25) is 4.57 Å². The van der Waals surface area contributed by atoms with Crippen molar-refractivity contribution in [3.05, 3.63) is 12.4 Å². The minimum absolute atomic E-state index is 0.0904. The van der Waals surface area contributed by atoms with Crippen LogP contribution in [0.2, 0.25) is 0 Å². The third kappa shape index (κ3) is 2.51. The van der Waals surface area contributed by atoms with Crippen LogP contribution in [0, 0.1) is 6.08 Å². The lowest BCUT2D eigenvalue weighted by Crippen LogP contribution is -2.32. The monoisotopic (exact) mass is 329 g/mol. The third-order valence-corrected chi connectivity index (χ3v) is 4.49. The summed E-state index contributed by atoms with van der Waals surface area (Å²) in [5.74, 6) is 1.33. The number of imidazole rings is 1. The zero-order valence-electron chi connectivity index (χ0n) is 11.8. The lowest BCUT2D eigenvalue weighted by molar-refractivity contribution is -0.0289. The molecule has 2 aromatic heterocycles. The molecule has 0 saturated carbocycles. The first-order valence-corrected chi connectivity index (χ1v) is 7.93. The van der Waals surface area contributed by atoms with Gasteiger partial charge in [0.1, 0.15) is 12.2 Å². The zero-order valence-corrected chi connectivity index (χ0v) is 12.6. The minimum atomic E-state index is -1.17. The lowest BCUT2D eigenvalue weighted by atomic mass is 10.1. The summed E-state index contributed by atoms with van der Waals surface area (Å²) < 4.78 is 20.4. The number of thioether (sulfide) groups is 1. The van der Waals surface area contributed by atoms with E-state index in [2.05, 4.69) is 15.0 Å². The molecule has 1 aliphatic rings. The summed E-state index contributed by atoms with van der Waals surface area (Å²) in [7, 11) is 0. The van der Waals surface area contributed by atoms with E-state index in [1.54, 1.807) is 11.8 Å². The average molecular weight is 329 g/mol. The van der Waals surface area contributed by atoms with Crippen LogP contribution >= 0.6 is 11.8 Å². The molecule has 0 aromatic carbocycles. The summed E-state index contributed by atoms with van der Waals surface area (Å²) in [5.41, 5.74) is 5.94. The van der Waals surface area contributed by atoms with Crippen molar-refractivity contribution in [2.45, 2.75) is 31.5 Å². The Kier molecular flexibility index (Phi) is 4.17. The van der Waals surface area contributed by atoms with Crippen molar-refractivity contribution in [3.63, 3.8) is 0 Å². The van der Waals surface area contributed by atoms with Crippen molar-refractivity contribution < 1.29 is 19.3 Å². The molecule has 1 aliphatic heterocycles. The predicted octanol–water partition coefficient (Wildman–Crippen LogP) is -0.0801. The van der Waals surface area contributed by atoms with E-state index < -0.39 is 30.6 Å². The van der Waals surface area contributed by atoms with Crippen LogP contribution in [0.1, 0.15) is 13.2 Å². The molecule has 0 radical (unpaired) electrons. The van der Waals surface area contributed by atoms with Crippen LogP contribution in [-0.2, 0) is 4.74 Å². The van der Waals surface area contributed by atoms with Gasteiger partial charge in [-0.25, -0.2) is 4.98 Å². The molecule has 0 aliphatic carbocycles. The van der Waals surface area contributed by atoms with E-state index in [9.17, 15) is 14.6 Å². The van der Waals surface area contributed by atoms with Crippen LogP contribution in [0.4, 0.5) is 10.2 Å². The van der Waals surface area contributed by atoms with Crippen LogP contribution in [0.3, 0.4) is 0 Å². The quantitative estimate of drug-likeness (QED) is 0.666. The number of rotatable bonds is 4. The van der Waals surface area contributed by atoms with Gasteiger partial charge in [-0.15, -0.1) is 0 Å². The predicted molar refractivity (Wildman–Crippen MR) is 78.6 cm³/mol. The first kappa shape index (κ1) is 15.4. The Hall–Kier alpha value is -1.49. The molecule has 120 valence electrons. The smallest absolute Gasteiger partial charge is 0.312 e. The fourth-order valence-corrected chi connectivity index (χ4v) is 3.17. The Labute approximate surface area is 129 Å². The van der Waals surface area contributed by atoms with Crippen molar-refractivity contribution in [1.29, 1.82) is 0 Å². The number of aliphatic hydroxyl groups excluding tert-OH is 2. The number of halogens is 1. The Morgan fingerprint density at radius 1 is 1.41 bits per heavy atom. The molecule has 2 aromatic rings. The lowest BCUT2D eigenvalue weighted by Gasteiger charge is -2.16. The second-order valence-corrected chi connectivity index (χ2v) is 6.23. The van der Waals surface area contributed by atoms with Crippen LogP contribution < -0.4 is 5.73 Å². The SMILES string of the molecule is CCSCC1OC(n2cnc3c(N)nc(F)nc32)C(O)C1O. The molecule has 10 heteroatoms. The van der Waals surface area contributed by atoms with Gasteiger partial charge >= 0.3 is 6.08 Å². The summed E-state index contributed by atoms with van der Waals surface area (Å²) in [5, 5.41) is 20.3. The summed E-state index contributed by atoms with van der Waals surface area (Å²) >= 11 is 1.59. The van der Waals surface area contributed by atoms with Crippen LogP contribution in [0.5, 0.6) is 0 Å². The van der Waals surface area contributed by atoms with Crippen molar-refractivity contribution in [1.82, 2.24) is 19.5 Å². The number of hydrogen-bond acceptors (Lipinski definition) is 8. The van der Waals surface area contributed by atoms with E-state index >= 15 is 0 Å². The van der Waals surface area contributed by atoms with Gasteiger partial charge in [0, 0.05) is 5.75 Å². The number of ether oxygens (including phenoxy) is 1. The van der Waals surface area contributed by atoms with Crippen molar-refractivity contribution in [3.8, 4) is 0 Å². The Bertz CT molecular complexity index is 684. The molecule has 22 heavy (non-hydrogen) atoms. The van der Waals surface area contributed by atoms with E-state index in [0.717, 1.165) is 5.75 Å². The maximum atomic E-state index is 13.4. The van der Waals surface area contributed by atoms with Gasteiger partial charge in [-0.1, -0.05) is 6.92 Å². The Morgan fingerprint density at radius 2 is 2.18 bits per heavy atom. The van der Waals surface area contributed by atoms with Crippen molar-refractivity contribution >= 4 is 28.7 Å². The number of nitrogens with two attached hydrogens (primary N) is 1. The summed E-state index contributed by atoms with van der Waals surface area (Å²) in [6.45, 7) is 1.99. The molecule has 0 bridgehead atoms. The second-order valence-electron chi connectivity index (χ2n) is 4.91. The van der Waals surface area contributed by atoms with Gasteiger partial charge in [-0.2, -0.15) is 26.1 Å². The number of aromatic nitrogens is 4. The molecule has 1 saturated heterocycles. The molecule has 0 spiro atoms. The molecule has 3 rings (SSSR count). The highest BCUT2D eigenvalue weighted by Gasteiger charge is 2.44. The highest BCUT2D eigenvalue weighted by atomic mass is 32.2. The highest BCUT2D eigenvalue weighted by molar-refractivity contribution is 7.99. The third-order valence-electron chi connectivity index (χ3n) is 3.52. The fraction of sp³-hybridized carbons (Fsp3) is 0.583. The summed E-state index contributed by atoms with van der Waals surface area (Å²) in [6.07, 6.45) is -3.28. The number of nitrogen functional groups attached to an aromatic ring is 1. The van der Waals surface area contributed by atoms with Crippen LogP contribution in [0.25, 0.3) is 11.2 Å². The molecule has 4 unspecified atom stereocenters. The van der Waals surface area contributed by atoms with Gasteiger partial charge in [0.05, 0.1) is 12.4 Å². The molecular weight excluding hydrogens is 313 g/mol. The number of anilines is 1. The van der Waals surface area contributed by atoms with Gasteiger partial charge in [0.25, 0.3) is 0 Å². The van der Waals surface area contributed by atoms with Crippen LogP contribution in [-0.4, -0.2) is 59.5 Å². The summed E-state index contributed by atoms with van der Waals surface area (Å²) in [6, 6.07) is 0. The molecule has 0 amide bonds. The van der Waals surface area contributed by atoms with E-state index in [1.807, 2.05) is 6.92 Å². The van der Waals surface area contributed by atoms with Gasteiger partial charge in [0.15, 0.2) is 23.2 Å². The maximum Gasteiger partial charge on any atom is 0.312 e. The molecule has 8 nitrogen and oxygen atoms in total. The van der Waals surface area contributed by atoms with Gasteiger partial charge in [0.2, 0.25) is 0 Å². The van der Waals surface area contributed by atoms with E-state index in [-0.39, 0.29) is 17.0 Å². The van der Waals surface area contributed by atoms with E-state index in [0.29, 0.717) is 5.75 Å². The topological polar surface area (TPSA) is 119 Å². The van der Waals surface area contributed by atoms with Crippen LogP contribution in [0.15, 0.2) is 6.33 Å². The van der Waals surface area contributed by atoms with Gasteiger partial charge < -0.3 is 20.7 Å². The van der Waals surface area contributed by atoms with Gasteiger partial charge in [-0.05, 0) is 5.75 Å². The van der Waals surface area contributed by atoms with E-state index in [1.165, 1.54) is 10.9 Å². The van der Waals surface area contributed by atoms with E-state index in [4.69, 9.17) is 10.5 Å². The minimum Gasteiger partial charge on any atom is -0.387 e. The average Bonchev–Trinajstić information content (AvgIpc) is 3.00. The molecule has 4 atom stereocenters. The van der Waals surface area contributed by atoms with Crippen molar-refractivity contribution in [2.24, 2.45) is 0 Å². The normalized spacial score (nSPS) is 28.5. The Morgan fingerprint density at radius 3 is 2.91 bits per heavy atom. The maximum absolute atomic E-state index is 13.4. The molecular formula is C12H16FN5O3S. The summed E-state index contributed by atoms with van der Waals surface area (Å²) in [4.78, 5) is 11.1. The Balaban J connectivity index is 1.94. The number of nitrogens with zero attached hydrogens (tertiary/aromatic N) is 4. The number of aliphatic hydroxyl groups is 2. The first-order valence-electron chi connectivity index (χ1n) is 6.77. The van der Waals surface area contributed by atoms with Crippen molar-refractivity contribution in [2.75, 3.05) is 17.2 Å². The number of fused-ring (bicyclic) bond motifs is 1. The largest absolute Gasteiger partial charge is 0.387 e. The molecule has 1 fully saturated rings. The molecule has 4 N–H and O–H groups in total. The molecule has 3 heterocycles. The highest BCUT2D eigenvalue weighted by Crippen LogP contribution is 2.33. The fourth-order valence-electron chi connectivity index (χ4n) is 2.43. The number of hydrogen-bond donors (Lipinski definition) is 3.